The number of carbonyl (C=O) groups is 3. The highest BCUT2D eigenvalue weighted by Gasteiger charge is 2.11. The van der Waals surface area contributed by atoms with E-state index in [0.717, 1.165) is 57.8 Å². The van der Waals surface area contributed by atoms with Crippen LogP contribution in [0.15, 0.2) is 24.3 Å². The topological polar surface area (TPSA) is 156 Å². The van der Waals surface area contributed by atoms with Crippen molar-refractivity contribution < 1.29 is 57.8 Å². The van der Waals surface area contributed by atoms with Gasteiger partial charge in [-0.15, -0.1) is 0 Å². The van der Waals surface area contributed by atoms with E-state index in [1.807, 2.05) is 46.8 Å². The number of aliphatic hydroxyl groups excluding tert-OH is 1. The number of rotatable bonds is 35. The number of carbonyl (C=O) groups excluding carboxylic acids is 2. The van der Waals surface area contributed by atoms with Crippen molar-refractivity contribution in [1.82, 2.24) is 0 Å². The minimum Gasteiger partial charge on any atom is -0.478 e. The lowest BCUT2D eigenvalue weighted by molar-refractivity contribution is -0.148. The van der Waals surface area contributed by atoms with E-state index in [4.69, 9.17) is 43.4 Å². The van der Waals surface area contributed by atoms with Gasteiger partial charge in [0.2, 0.25) is 0 Å². The molecule has 0 aliphatic carbocycles. The third-order valence-electron chi connectivity index (χ3n) is 8.88. The Labute approximate surface area is 339 Å². The summed E-state index contributed by atoms with van der Waals surface area (Å²) in [6.07, 6.45) is 9.37. The Morgan fingerprint density at radius 2 is 0.875 bits per heavy atom. The number of aromatic carboxylic acids is 1. The van der Waals surface area contributed by atoms with Crippen molar-refractivity contribution in [3.8, 4) is 0 Å². The number of hydrogen-bond acceptors (Lipinski definition) is 11. The summed E-state index contributed by atoms with van der Waals surface area (Å²) >= 11 is 0. The van der Waals surface area contributed by atoms with Crippen LogP contribution in [0.3, 0.4) is 0 Å². The lowest BCUT2D eigenvalue weighted by Gasteiger charge is -2.09. The number of ketones is 1. The quantitative estimate of drug-likeness (QED) is 0.0501. The van der Waals surface area contributed by atoms with E-state index in [2.05, 4.69) is 13.8 Å². The average molecular weight is 801 g/mol. The van der Waals surface area contributed by atoms with Gasteiger partial charge in [0.05, 0.1) is 18.1 Å². The summed E-state index contributed by atoms with van der Waals surface area (Å²) in [5.74, 6) is 0.145. The number of carboxylic acids is 1. The summed E-state index contributed by atoms with van der Waals surface area (Å²) in [5, 5.41) is 17.3. The van der Waals surface area contributed by atoms with Crippen molar-refractivity contribution in [1.29, 1.82) is 0 Å². The van der Waals surface area contributed by atoms with Gasteiger partial charge >= 0.3 is 11.9 Å². The second kappa shape index (κ2) is 42.2. The molecule has 0 saturated carbocycles. The largest absolute Gasteiger partial charge is 0.478 e. The third kappa shape index (κ3) is 35.9. The summed E-state index contributed by atoms with van der Waals surface area (Å²) < 4.78 is 38.3. The Bertz CT molecular complexity index is 1020. The lowest BCUT2D eigenvalue weighted by atomic mass is 9.98. The van der Waals surface area contributed by atoms with Crippen LogP contribution in [0, 0.1) is 11.8 Å². The van der Waals surface area contributed by atoms with Gasteiger partial charge in [0, 0.05) is 105 Å². The molecule has 3 atom stereocenters. The molecule has 0 radical (unpaired) electrons. The molecule has 0 fully saturated rings. The molecule has 0 amide bonds. The third-order valence-corrected chi connectivity index (χ3v) is 8.88. The van der Waals surface area contributed by atoms with Crippen LogP contribution in [0.1, 0.15) is 141 Å². The van der Waals surface area contributed by atoms with Gasteiger partial charge in [-0.25, -0.2) is 4.79 Å². The van der Waals surface area contributed by atoms with E-state index < -0.39 is 5.97 Å². The highest BCUT2D eigenvalue weighted by molar-refractivity contribution is 5.87. The molecule has 12 heteroatoms. The van der Waals surface area contributed by atoms with Gasteiger partial charge in [0.25, 0.3) is 0 Å². The first-order valence-corrected chi connectivity index (χ1v) is 21.2. The van der Waals surface area contributed by atoms with Gasteiger partial charge in [-0.3, -0.25) is 9.59 Å². The molecule has 1 aromatic carbocycles. The average Bonchev–Trinajstić information content (AvgIpc) is 3.22. The van der Waals surface area contributed by atoms with E-state index in [1.54, 1.807) is 12.1 Å². The van der Waals surface area contributed by atoms with Crippen LogP contribution in [0.4, 0.5) is 0 Å². The van der Waals surface area contributed by atoms with Crippen molar-refractivity contribution in [3.63, 3.8) is 0 Å². The number of esters is 1. The van der Waals surface area contributed by atoms with Crippen LogP contribution in [0.2, 0.25) is 0 Å². The molecule has 328 valence electrons. The summed E-state index contributed by atoms with van der Waals surface area (Å²) in [5.41, 5.74) is 1.56. The molecule has 0 heterocycles. The second-order valence-electron chi connectivity index (χ2n) is 13.7. The number of hydrogen-bond donors (Lipinski definition) is 2. The van der Waals surface area contributed by atoms with E-state index in [9.17, 15) is 14.4 Å². The molecule has 12 nitrogen and oxygen atoms in total. The standard InChI is InChI=1S/C26H52O9.C11H14O2.C7H14O/c1-3-25(2)26(28)35-24-10-23-34-22-9-21-33-20-8-19-32-18-7-17-31-16-6-15-30-14-5-13-29-12-4-11-27;1-3-8(2)9-4-6-10(7-5-9)11(12)13;1-4-6(3)7(8)5-2/h25,27H,3-24H2,1-2H3;4-8H,3H2,1-2H3,(H,12,13);6H,4-5H2,1-3H3. The summed E-state index contributed by atoms with van der Waals surface area (Å²) in [6.45, 7) is 22.8. The van der Waals surface area contributed by atoms with Crippen molar-refractivity contribution in [3.05, 3.63) is 35.4 Å². The van der Waals surface area contributed by atoms with Crippen molar-refractivity contribution >= 4 is 17.7 Å². The van der Waals surface area contributed by atoms with Crippen LogP contribution >= 0.6 is 0 Å². The minimum atomic E-state index is -0.865. The molecule has 3 unspecified atom stereocenters. The fraction of sp³-hybridized carbons (Fsp3) is 0.795. The first-order valence-electron chi connectivity index (χ1n) is 21.2. The number of aliphatic hydroxyl groups is 1. The van der Waals surface area contributed by atoms with Crippen molar-refractivity contribution in [2.75, 3.05) is 92.5 Å². The fourth-order valence-corrected chi connectivity index (χ4v) is 4.50. The van der Waals surface area contributed by atoms with Gasteiger partial charge in [0.1, 0.15) is 5.78 Å². The van der Waals surface area contributed by atoms with E-state index in [-0.39, 0.29) is 24.4 Å². The zero-order valence-electron chi connectivity index (χ0n) is 36.2. The zero-order valence-corrected chi connectivity index (χ0v) is 36.2. The van der Waals surface area contributed by atoms with Crippen LogP contribution in [-0.2, 0) is 42.7 Å². The maximum absolute atomic E-state index is 11.5. The molecule has 0 bridgehead atoms. The van der Waals surface area contributed by atoms with Crippen molar-refractivity contribution in [2.45, 2.75) is 125 Å². The van der Waals surface area contributed by atoms with Crippen LogP contribution in [-0.4, -0.2) is 120 Å². The zero-order chi connectivity index (χ0) is 42.1. The van der Waals surface area contributed by atoms with Gasteiger partial charge in [-0.05, 0) is 81.4 Å². The molecular formula is C44H80O12. The van der Waals surface area contributed by atoms with Crippen LogP contribution in [0.5, 0.6) is 0 Å². The predicted octanol–water partition coefficient (Wildman–Crippen LogP) is 8.31. The fourth-order valence-electron chi connectivity index (χ4n) is 4.50. The van der Waals surface area contributed by atoms with Crippen LogP contribution in [0.25, 0.3) is 0 Å². The Kier molecular flexibility index (Phi) is 41.9. The van der Waals surface area contributed by atoms with E-state index in [1.165, 1.54) is 5.56 Å². The van der Waals surface area contributed by atoms with Crippen molar-refractivity contribution in [2.24, 2.45) is 11.8 Å². The first-order chi connectivity index (χ1) is 27.1. The molecule has 2 N–H and O–H groups in total. The predicted molar refractivity (Wildman–Crippen MR) is 222 cm³/mol. The van der Waals surface area contributed by atoms with E-state index >= 15 is 0 Å². The Morgan fingerprint density at radius 3 is 1.16 bits per heavy atom. The number of benzene rings is 1. The van der Waals surface area contributed by atoms with Gasteiger partial charge < -0.3 is 43.4 Å². The molecule has 0 saturated heterocycles. The Balaban J connectivity index is 0. The number of Topliss-reactive ketones (excluding diaryl/α,β-unsaturated/α-hetero) is 1. The highest BCUT2D eigenvalue weighted by atomic mass is 16.5. The normalized spacial score (nSPS) is 12.4. The molecule has 0 aliphatic heterocycles. The highest BCUT2D eigenvalue weighted by Crippen LogP contribution is 2.18. The van der Waals surface area contributed by atoms with Crippen LogP contribution < -0.4 is 0 Å². The Morgan fingerprint density at radius 1 is 0.518 bits per heavy atom. The second-order valence-corrected chi connectivity index (χ2v) is 13.7. The molecule has 56 heavy (non-hydrogen) atoms. The molecular weight excluding hydrogens is 720 g/mol. The maximum atomic E-state index is 11.5. The van der Waals surface area contributed by atoms with Gasteiger partial charge in [-0.1, -0.05) is 60.6 Å². The first kappa shape index (κ1) is 55.6. The summed E-state index contributed by atoms with van der Waals surface area (Å²) in [6, 6.07) is 7.09. The molecule has 0 aliphatic rings. The maximum Gasteiger partial charge on any atom is 0.335 e. The Hall–Kier alpha value is -2.45. The van der Waals surface area contributed by atoms with Gasteiger partial charge in [0.15, 0.2) is 0 Å². The lowest BCUT2D eigenvalue weighted by Crippen LogP contribution is -2.15. The van der Waals surface area contributed by atoms with Gasteiger partial charge in [-0.2, -0.15) is 0 Å². The minimum absolute atomic E-state index is 0.0278. The molecule has 0 aromatic heterocycles. The van der Waals surface area contributed by atoms with E-state index in [0.29, 0.717) is 116 Å². The smallest absolute Gasteiger partial charge is 0.335 e. The summed E-state index contributed by atoms with van der Waals surface area (Å²) in [4.78, 5) is 32.8. The molecule has 0 spiro atoms. The summed E-state index contributed by atoms with van der Waals surface area (Å²) in [7, 11) is 0. The number of carboxylic acid groups (broad SMARTS) is 1. The SMILES string of the molecule is CCC(=O)C(C)CC.CCC(C)C(=O)OCCCOCCCOCCCOCCCOCCCOCCCOCCCO.CCC(C)c1ccc(C(=O)O)cc1. The monoisotopic (exact) mass is 801 g/mol. The molecule has 1 rings (SSSR count). The molecule has 1 aromatic rings. The number of ether oxygens (including phenoxy) is 7.